The summed E-state index contributed by atoms with van der Waals surface area (Å²) in [5.41, 5.74) is 12.6. The molecule has 0 bridgehead atoms. The third-order valence-corrected chi connectivity index (χ3v) is 8.50. The molecule has 0 fully saturated rings. The van der Waals surface area contributed by atoms with Crippen molar-refractivity contribution in [1.82, 2.24) is 4.57 Å². The van der Waals surface area contributed by atoms with Crippen LogP contribution in [-0.2, 0) is 0 Å². The molecule has 1 aliphatic heterocycles. The van der Waals surface area contributed by atoms with E-state index in [4.69, 9.17) is 0 Å². The van der Waals surface area contributed by atoms with Crippen LogP contribution < -0.4 is 4.90 Å². The molecule has 0 radical (unpaired) electrons. The number of hydrogen-bond donors (Lipinski definition) is 0. The van der Waals surface area contributed by atoms with E-state index in [9.17, 15) is 0 Å². The molecule has 8 rings (SSSR count). The third-order valence-electron chi connectivity index (χ3n) is 8.50. The van der Waals surface area contributed by atoms with Crippen LogP contribution in [0.15, 0.2) is 177 Å². The standard InChI is InChI=1S/C42H30N2/c1-30-14-10-11-27-43(34-18-6-3-7-19-34)40-26-25-33(29-39(30)40)36-22-13-23-38-37-21-8-9-24-41(37)44(42(36)38)35-20-12-17-32(28-35)31-15-4-2-5-16-31/h2-29H,1H2/b14-10-,27-11-. The van der Waals surface area contributed by atoms with Crippen LogP contribution in [0.5, 0.6) is 0 Å². The third kappa shape index (κ3) is 4.36. The van der Waals surface area contributed by atoms with Crippen molar-refractivity contribution < 1.29 is 0 Å². The van der Waals surface area contributed by atoms with Gasteiger partial charge in [-0.25, -0.2) is 0 Å². The summed E-state index contributed by atoms with van der Waals surface area (Å²) in [6.45, 7) is 4.47. The molecule has 1 aromatic heterocycles. The van der Waals surface area contributed by atoms with Crippen molar-refractivity contribution >= 4 is 38.8 Å². The van der Waals surface area contributed by atoms with Crippen molar-refractivity contribution in [2.45, 2.75) is 0 Å². The highest BCUT2D eigenvalue weighted by Crippen LogP contribution is 2.42. The number of fused-ring (bicyclic) bond motifs is 4. The highest BCUT2D eigenvalue weighted by molar-refractivity contribution is 6.14. The quantitative estimate of drug-likeness (QED) is 0.207. The molecule has 0 saturated heterocycles. The van der Waals surface area contributed by atoms with Crippen LogP contribution in [0.4, 0.5) is 11.4 Å². The van der Waals surface area contributed by atoms with Crippen LogP contribution in [0.25, 0.3) is 55.3 Å². The summed E-state index contributed by atoms with van der Waals surface area (Å²) in [4.78, 5) is 2.24. The molecule has 0 saturated carbocycles. The maximum atomic E-state index is 4.47. The average molecular weight is 563 g/mol. The van der Waals surface area contributed by atoms with Gasteiger partial charge >= 0.3 is 0 Å². The van der Waals surface area contributed by atoms with E-state index in [-0.39, 0.29) is 0 Å². The first-order chi connectivity index (χ1) is 21.8. The lowest BCUT2D eigenvalue weighted by molar-refractivity contribution is 1.18. The van der Waals surface area contributed by atoms with E-state index in [1.165, 1.54) is 38.5 Å². The van der Waals surface area contributed by atoms with E-state index in [1.807, 2.05) is 0 Å². The molecule has 7 aromatic rings. The number of allylic oxidation sites excluding steroid dienone is 4. The molecule has 6 aromatic carbocycles. The molecule has 208 valence electrons. The molecule has 1 aliphatic rings. The van der Waals surface area contributed by atoms with E-state index < -0.39 is 0 Å². The average Bonchev–Trinajstić information content (AvgIpc) is 3.43. The van der Waals surface area contributed by atoms with Crippen molar-refractivity contribution in [3.8, 4) is 27.9 Å². The lowest BCUT2D eigenvalue weighted by atomic mass is 9.95. The number of hydrogen-bond acceptors (Lipinski definition) is 1. The summed E-state index contributed by atoms with van der Waals surface area (Å²) < 4.78 is 2.43. The summed E-state index contributed by atoms with van der Waals surface area (Å²) in [6.07, 6.45) is 8.34. The largest absolute Gasteiger partial charge is 0.317 e. The number of benzene rings is 6. The second-order valence-electron chi connectivity index (χ2n) is 11.1. The van der Waals surface area contributed by atoms with Gasteiger partial charge in [-0.15, -0.1) is 0 Å². The van der Waals surface area contributed by atoms with Crippen molar-refractivity contribution in [3.63, 3.8) is 0 Å². The molecule has 0 spiro atoms. The summed E-state index contributed by atoms with van der Waals surface area (Å²) in [5.74, 6) is 0. The van der Waals surface area contributed by atoms with Gasteiger partial charge in [0, 0.05) is 39.5 Å². The number of rotatable bonds is 4. The Bertz CT molecular complexity index is 2230. The summed E-state index contributed by atoms with van der Waals surface area (Å²) >= 11 is 0. The van der Waals surface area contributed by atoms with Crippen LogP contribution in [-0.4, -0.2) is 4.57 Å². The predicted molar refractivity (Wildman–Crippen MR) is 188 cm³/mol. The molecule has 44 heavy (non-hydrogen) atoms. The molecule has 2 heterocycles. The fraction of sp³-hybridized carbons (Fsp3) is 0. The van der Waals surface area contributed by atoms with Crippen LogP contribution in [0.2, 0.25) is 0 Å². The molecular weight excluding hydrogens is 532 g/mol. The zero-order chi connectivity index (χ0) is 29.5. The Hall–Kier alpha value is -5.86. The Labute approximate surface area is 257 Å². The summed E-state index contributed by atoms with van der Waals surface area (Å²) in [7, 11) is 0. The number of anilines is 2. The maximum Gasteiger partial charge on any atom is 0.0619 e. The van der Waals surface area contributed by atoms with Gasteiger partial charge in [-0.3, -0.25) is 0 Å². The van der Waals surface area contributed by atoms with Crippen molar-refractivity contribution in [2.75, 3.05) is 4.90 Å². The van der Waals surface area contributed by atoms with E-state index in [1.54, 1.807) is 0 Å². The second kappa shape index (κ2) is 10.8. The van der Waals surface area contributed by atoms with Crippen LogP contribution >= 0.6 is 0 Å². The molecule has 0 N–H and O–H groups in total. The minimum absolute atomic E-state index is 0.982. The fourth-order valence-electron chi connectivity index (χ4n) is 6.44. The van der Waals surface area contributed by atoms with Gasteiger partial charge in [0.15, 0.2) is 0 Å². The summed E-state index contributed by atoms with van der Waals surface area (Å²) in [6, 6.07) is 52.1. The maximum absolute atomic E-state index is 4.47. The number of nitrogens with zero attached hydrogens (tertiary/aromatic N) is 2. The summed E-state index contributed by atoms with van der Waals surface area (Å²) in [5, 5.41) is 2.48. The van der Waals surface area contributed by atoms with Gasteiger partial charge in [0.1, 0.15) is 0 Å². The first-order valence-electron chi connectivity index (χ1n) is 15.0. The molecular formula is C42H30N2. The van der Waals surface area contributed by atoms with E-state index in [0.29, 0.717) is 0 Å². The van der Waals surface area contributed by atoms with Gasteiger partial charge in [-0.05, 0) is 70.8 Å². The van der Waals surface area contributed by atoms with Crippen LogP contribution in [0.1, 0.15) is 5.56 Å². The minimum Gasteiger partial charge on any atom is -0.317 e. The van der Waals surface area contributed by atoms with Crippen molar-refractivity contribution in [1.29, 1.82) is 0 Å². The first kappa shape index (κ1) is 25.8. The van der Waals surface area contributed by atoms with E-state index >= 15 is 0 Å². The Kier molecular flexibility index (Phi) is 6.31. The number of aromatic nitrogens is 1. The molecule has 0 amide bonds. The van der Waals surface area contributed by atoms with Gasteiger partial charge in [-0.1, -0.05) is 122 Å². The smallest absolute Gasteiger partial charge is 0.0619 e. The molecule has 0 aliphatic carbocycles. The lowest BCUT2D eigenvalue weighted by Gasteiger charge is -2.25. The normalized spacial score (nSPS) is 14.3. The fourth-order valence-corrected chi connectivity index (χ4v) is 6.44. The molecule has 2 heteroatoms. The predicted octanol–water partition coefficient (Wildman–Crippen LogP) is 11.4. The Morgan fingerprint density at radius 3 is 2.05 bits per heavy atom. The van der Waals surface area contributed by atoms with Crippen molar-refractivity contribution in [2.24, 2.45) is 0 Å². The minimum atomic E-state index is 0.982. The number of para-hydroxylation sites is 3. The zero-order valence-electron chi connectivity index (χ0n) is 24.3. The zero-order valence-corrected chi connectivity index (χ0v) is 24.3. The van der Waals surface area contributed by atoms with Gasteiger partial charge in [-0.2, -0.15) is 0 Å². The van der Waals surface area contributed by atoms with Gasteiger partial charge in [0.25, 0.3) is 0 Å². The monoisotopic (exact) mass is 562 g/mol. The highest BCUT2D eigenvalue weighted by atomic mass is 15.1. The Morgan fingerprint density at radius 2 is 1.18 bits per heavy atom. The highest BCUT2D eigenvalue weighted by Gasteiger charge is 2.19. The van der Waals surface area contributed by atoms with Gasteiger partial charge in [0.05, 0.1) is 16.7 Å². The Balaban J connectivity index is 1.36. The lowest BCUT2D eigenvalue weighted by Crippen LogP contribution is -2.11. The van der Waals surface area contributed by atoms with Gasteiger partial charge in [0.2, 0.25) is 0 Å². The van der Waals surface area contributed by atoms with Crippen LogP contribution in [0.3, 0.4) is 0 Å². The second-order valence-corrected chi connectivity index (χ2v) is 11.1. The first-order valence-corrected chi connectivity index (χ1v) is 15.0. The van der Waals surface area contributed by atoms with E-state index in [2.05, 4.69) is 186 Å². The topological polar surface area (TPSA) is 8.17 Å². The van der Waals surface area contributed by atoms with Gasteiger partial charge < -0.3 is 9.47 Å². The molecule has 0 unspecified atom stereocenters. The van der Waals surface area contributed by atoms with Crippen LogP contribution in [0, 0.1) is 0 Å². The molecule has 0 atom stereocenters. The van der Waals surface area contributed by atoms with Crippen molar-refractivity contribution in [3.05, 3.63) is 182 Å². The van der Waals surface area contributed by atoms with E-state index in [0.717, 1.165) is 33.8 Å². The molecule has 2 nitrogen and oxygen atoms in total. The Morgan fingerprint density at radius 1 is 0.477 bits per heavy atom. The SMILES string of the molecule is C=C1/C=C\C=C/N(c2ccccc2)c2ccc(-c3cccc4c5ccccc5n(-c5cccc(-c6ccccc6)c5)c34)cc21.